The molecule has 1 aromatic heterocycles. The molecule has 1 atom stereocenters. The lowest BCUT2D eigenvalue weighted by atomic mass is 9.79. The Morgan fingerprint density at radius 1 is 1.40 bits per heavy atom. The zero-order chi connectivity index (χ0) is 16.6. The summed E-state index contributed by atoms with van der Waals surface area (Å²) in [4.78, 5) is 32.4. The normalized spacial score (nSPS) is 22.4. The number of hydrogen-bond donors (Lipinski definition) is 1. The van der Waals surface area contributed by atoms with Crippen LogP contribution < -0.4 is 10.6 Å². The van der Waals surface area contributed by atoms with Gasteiger partial charge in [0.2, 0.25) is 11.8 Å². The number of carbonyl (C=O) groups excluding carboxylic acids is 2. The summed E-state index contributed by atoms with van der Waals surface area (Å²) >= 11 is 1.44. The van der Waals surface area contributed by atoms with Crippen molar-refractivity contribution in [1.82, 2.24) is 9.88 Å². The molecule has 2 amide bonds. The zero-order valence-electron chi connectivity index (χ0n) is 14.6. The third kappa shape index (κ3) is 4.84. The summed E-state index contributed by atoms with van der Waals surface area (Å²) in [5.41, 5.74) is 6.83. The highest BCUT2D eigenvalue weighted by Crippen LogP contribution is 2.29. The molecule has 2 fully saturated rings. The van der Waals surface area contributed by atoms with Crippen molar-refractivity contribution < 1.29 is 9.59 Å². The standard InChI is InChI=1S/C16H24N4O2S.2ClH/c1-16(2)10-19(7-5-12(16)17)14(22)8-11-9-23-15(18-11)20-6-3-4-13(20)21;;/h9,12H,3-8,10,17H2,1-2H3;2*1H. The fourth-order valence-corrected chi connectivity index (χ4v) is 4.07. The number of nitrogens with zero attached hydrogens (tertiary/aromatic N) is 3. The summed E-state index contributed by atoms with van der Waals surface area (Å²) in [6, 6.07) is 0.138. The van der Waals surface area contributed by atoms with E-state index >= 15 is 0 Å². The summed E-state index contributed by atoms with van der Waals surface area (Å²) in [5.74, 6) is 0.221. The van der Waals surface area contributed by atoms with E-state index in [1.54, 1.807) is 4.90 Å². The first-order valence-corrected chi connectivity index (χ1v) is 9.03. The minimum absolute atomic E-state index is 0. The number of likely N-dealkylation sites (tertiary alicyclic amines) is 1. The first-order valence-electron chi connectivity index (χ1n) is 8.15. The predicted octanol–water partition coefficient (Wildman–Crippen LogP) is 2.24. The van der Waals surface area contributed by atoms with E-state index in [0.717, 1.165) is 30.2 Å². The molecule has 0 radical (unpaired) electrons. The highest BCUT2D eigenvalue weighted by molar-refractivity contribution is 7.14. The van der Waals surface area contributed by atoms with Crippen LogP contribution in [0.5, 0.6) is 0 Å². The Morgan fingerprint density at radius 2 is 2.12 bits per heavy atom. The largest absolute Gasteiger partial charge is 0.342 e. The average molecular weight is 409 g/mol. The van der Waals surface area contributed by atoms with E-state index in [0.29, 0.717) is 25.9 Å². The van der Waals surface area contributed by atoms with Crippen LogP contribution in [0, 0.1) is 5.41 Å². The molecule has 3 heterocycles. The van der Waals surface area contributed by atoms with E-state index < -0.39 is 0 Å². The number of halogens is 2. The van der Waals surface area contributed by atoms with Crippen LogP contribution in [0.4, 0.5) is 5.13 Å². The maximum atomic E-state index is 12.5. The first-order chi connectivity index (χ1) is 10.9. The van der Waals surface area contributed by atoms with Gasteiger partial charge in [-0.25, -0.2) is 4.98 Å². The van der Waals surface area contributed by atoms with Gasteiger partial charge in [-0.2, -0.15) is 0 Å². The van der Waals surface area contributed by atoms with Gasteiger partial charge in [0.25, 0.3) is 0 Å². The van der Waals surface area contributed by atoms with Crippen LogP contribution >= 0.6 is 36.2 Å². The zero-order valence-corrected chi connectivity index (χ0v) is 17.0. The monoisotopic (exact) mass is 408 g/mol. The number of amides is 2. The van der Waals surface area contributed by atoms with E-state index in [1.165, 1.54) is 11.3 Å². The topological polar surface area (TPSA) is 79.5 Å². The van der Waals surface area contributed by atoms with Gasteiger partial charge in [-0.15, -0.1) is 36.2 Å². The van der Waals surface area contributed by atoms with Crippen LogP contribution in [0.2, 0.25) is 0 Å². The molecule has 2 aliphatic rings. The molecule has 0 aliphatic carbocycles. The highest BCUT2D eigenvalue weighted by atomic mass is 35.5. The Labute approximate surface area is 165 Å². The van der Waals surface area contributed by atoms with Gasteiger partial charge in [-0.1, -0.05) is 13.8 Å². The van der Waals surface area contributed by atoms with Crippen LogP contribution in [0.1, 0.15) is 38.8 Å². The van der Waals surface area contributed by atoms with Gasteiger partial charge in [0.1, 0.15) is 0 Å². The number of anilines is 1. The predicted molar refractivity (Wildman–Crippen MR) is 105 cm³/mol. The van der Waals surface area contributed by atoms with Crippen LogP contribution in [0.25, 0.3) is 0 Å². The number of piperidine rings is 1. The molecule has 9 heteroatoms. The Bertz CT molecular complexity index is 623. The Kier molecular flexibility index (Phi) is 7.68. The summed E-state index contributed by atoms with van der Waals surface area (Å²) < 4.78 is 0. The first kappa shape index (κ1) is 22.2. The molecule has 0 spiro atoms. The summed E-state index contributed by atoms with van der Waals surface area (Å²) in [7, 11) is 0. The van der Waals surface area contributed by atoms with E-state index in [2.05, 4.69) is 18.8 Å². The summed E-state index contributed by atoms with van der Waals surface area (Å²) in [6.07, 6.45) is 2.61. The second-order valence-electron chi connectivity index (χ2n) is 7.15. The van der Waals surface area contributed by atoms with Crippen molar-refractivity contribution in [2.75, 3.05) is 24.5 Å². The van der Waals surface area contributed by atoms with Gasteiger partial charge in [0, 0.05) is 37.5 Å². The molecular formula is C16H26Cl2N4O2S. The highest BCUT2D eigenvalue weighted by Gasteiger charge is 2.35. The smallest absolute Gasteiger partial charge is 0.228 e. The van der Waals surface area contributed by atoms with Crippen LogP contribution in [0.15, 0.2) is 5.38 Å². The quantitative estimate of drug-likeness (QED) is 0.831. The molecule has 0 aromatic carbocycles. The van der Waals surface area contributed by atoms with Crippen molar-refractivity contribution >= 4 is 53.1 Å². The SMILES string of the molecule is CC1(C)CN(C(=O)Cc2csc(N3CCCC3=O)n2)CCC1N.Cl.Cl. The molecule has 25 heavy (non-hydrogen) atoms. The fourth-order valence-electron chi connectivity index (χ4n) is 3.21. The number of aromatic nitrogens is 1. The van der Waals surface area contributed by atoms with Crippen molar-refractivity contribution in [3.8, 4) is 0 Å². The number of nitrogens with two attached hydrogens (primary N) is 1. The van der Waals surface area contributed by atoms with Crippen LogP contribution in [0.3, 0.4) is 0 Å². The third-order valence-corrected chi connectivity index (χ3v) is 5.75. The average Bonchev–Trinajstić information content (AvgIpc) is 3.10. The molecule has 0 saturated carbocycles. The summed E-state index contributed by atoms with van der Waals surface area (Å²) in [5, 5.41) is 2.61. The minimum Gasteiger partial charge on any atom is -0.342 e. The molecule has 1 unspecified atom stereocenters. The van der Waals surface area contributed by atoms with Crippen molar-refractivity contribution in [3.05, 3.63) is 11.1 Å². The minimum atomic E-state index is -0.0525. The van der Waals surface area contributed by atoms with Crippen LogP contribution in [-0.4, -0.2) is 47.4 Å². The molecule has 6 nitrogen and oxygen atoms in total. The molecular weight excluding hydrogens is 383 g/mol. The molecule has 3 rings (SSSR count). The van der Waals surface area contributed by atoms with E-state index in [-0.39, 0.29) is 48.1 Å². The molecule has 0 bridgehead atoms. The fraction of sp³-hybridized carbons (Fsp3) is 0.688. The number of thiazole rings is 1. The summed E-state index contributed by atoms with van der Waals surface area (Å²) in [6.45, 7) is 6.35. The van der Waals surface area contributed by atoms with Crippen LogP contribution in [-0.2, 0) is 16.0 Å². The molecule has 2 N–H and O–H groups in total. The van der Waals surface area contributed by atoms with E-state index in [1.807, 2.05) is 10.3 Å². The maximum absolute atomic E-state index is 12.5. The molecule has 2 saturated heterocycles. The van der Waals surface area contributed by atoms with Gasteiger partial charge >= 0.3 is 0 Å². The number of hydrogen-bond acceptors (Lipinski definition) is 5. The van der Waals surface area contributed by atoms with Gasteiger partial charge in [-0.05, 0) is 18.3 Å². The van der Waals surface area contributed by atoms with Crippen molar-refractivity contribution in [1.29, 1.82) is 0 Å². The van der Waals surface area contributed by atoms with Gasteiger partial charge in [0.15, 0.2) is 5.13 Å². The second kappa shape index (κ2) is 8.66. The molecule has 2 aliphatic heterocycles. The lowest BCUT2D eigenvalue weighted by Crippen LogP contribution is -2.54. The van der Waals surface area contributed by atoms with E-state index in [4.69, 9.17) is 5.73 Å². The molecule has 142 valence electrons. The lowest BCUT2D eigenvalue weighted by Gasteiger charge is -2.42. The Hall–Kier alpha value is -0.890. The Morgan fingerprint density at radius 3 is 2.72 bits per heavy atom. The van der Waals surface area contributed by atoms with Crippen molar-refractivity contribution in [2.45, 2.75) is 45.6 Å². The number of carbonyl (C=O) groups is 2. The van der Waals surface area contributed by atoms with Crippen molar-refractivity contribution in [3.63, 3.8) is 0 Å². The second-order valence-corrected chi connectivity index (χ2v) is 7.98. The third-order valence-electron chi connectivity index (χ3n) is 4.84. The van der Waals surface area contributed by atoms with Crippen molar-refractivity contribution in [2.24, 2.45) is 11.1 Å². The molecule has 1 aromatic rings. The lowest BCUT2D eigenvalue weighted by molar-refractivity contribution is -0.133. The van der Waals surface area contributed by atoms with E-state index in [9.17, 15) is 9.59 Å². The van der Waals surface area contributed by atoms with Gasteiger partial charge in [-0.3, -0.25) is 14.5 Å². The van der Waals surface area contributed by atoms with Gasteiger partial charge in [0.05, 0.1) is 12.1 Å². The number of rotatable bonds is 3. The maximum Gasteiger partial charge on any atom is 0.228 e. The van der Waals surface area contributed by atoms with Gasteiger partial charge < -0.3 is 10.6 Å². The Balaban J connectivity index is 0.00000156.